The fraction of sp³-hybridized carbons (Fsp3) is 0.381. The van der Waals surface area contributed by atoms with Crippen molar-refractivity contribution in [1.29, 1.82) is 0 Å². The van der Waals surface area contributed by atoms with Crippen LogP contribution in [0.4, 0.5) is 0 Å². The maximum absolute atomic E-state index is 10.4. The van der Waals surface area contributed by atoms with E-state index < -0.39 is 6.10 Å². The predicted octanol–water partition coefficient (Wildman–Crippen LogP) is 4.02. The van der Waals surface area contributed by atoms with Crippen LogP contribution in [0.25, 0.3) is 0 Å². The van der Waals surface area contributed by atoms with Crippen LogP contribution in [0.15, 0.2) is 53.5 Å². The van der Waals surface area contributed by atoms with Gasteiger partial charge in [-0.05, 0) is 32.0 Å². The van der Waals surface area contributed by atoms with Crippen LogP contribution in [0, 0.1) is 0 Å². The first-order chi connectivity index (χ1) is 13.5. The summed E-state index contributed by atoms with van der Waals surface area (Å²) in [7, 11) is 1.62. The van der Waals surface area contributed by atoms with Gasteiger partial charge >= 0.3 is 0 Å². The minimum absolute atomic E-state index is 0. The summed E-state index contributed by atoms with van der Waals surface area (Å²) in [6, 6.07) is 14.8. The van der Waals surface area contributed by atoms with Gasteiger partial charge in [0.25, 0.3) is 0 Å². The van der Waals surface area contributed by atoms with Crippen molar-refractivity contribution in [2.24, 2.45) is 4.99 Å². The van der Waals surface area contributed by atoms with Crippen LogP contribution >= 0.6 is 35.6 Å². The van der Waals surface area contributed by atoms with Crippen molar-refractivity contribution in [3.63, 3.8) is 0 Å². The molecule has 0 bridgehead atoms. The number of para-hydroxylation sites is 2. The van der Waals surface area contributed by atoms with Gasteiger partial charge < -0.3 is 25.2 Å². The molecule has 0 heterocycles. The zero-order valence-corrected chi connectivity index (χ0v) is 20.0. The Morgan fingerprint density at radius 3 is 2.41 bits per heavy atom. The lowest BCUT2D eigenvalue weighted by molar-refractivity contribution is 0.187. The summed E-state index contributed by atoms with van der Waals surface area (Å²) >= 11 is 6.13. The van der Waals surface area contributed by atoms with Crippen LogP contribution < -0.4 is 20.1 Å². The molecule has 0 aliphatic rings. The maximum atomic E-state index is 10.4. The molecule has 3 N–H and O–H groups in total. The molecule has 0 aliphatic carbocycles. The number of methoxy groups -OCH3 is 1. The molecule has 0 aliphatic heterocycles. The smallest absolute Gasteiger partial charge is 0.191 e. The first-order valence-corrected chi connectivity index (χ1v) is 9.67. The number of ether oxygens (including phenoxy) is 2. The summed E-state index contributed by atoms with van der Waals surface area (Å²) in [5, 5.41) is 17.3. The van der Waals surface area contributed by atoms with Gasteiger partial charge in [0.2, 0.25) is 0 Å². The van der Waals surface area contributed by atoms with Gasteiger partial charge in [-0.2, -0.15) is 0 Å². The highest BCUT2D eigenvalue weighted by Gasteiger charge is 2.12. The molecule has 2 aromatic carbocycles. The van der Waals surface area contributed by atoms with Gasteiger partial charge in [-0.3, -0.25) is 4.99 Å². The van der Waals surface area contributed by atoms with Crippen molar-refractivity contribution in [2.75, 3.05) is 26.7 Å². The van der Waals surface area contributed by atoms with E-state index >= 15 is 0 Å². The molecular weight excluding hydrogens is 505 g/mol. The number of guanidine groups is 1. The quantitative estimate of drug-likeness (QED) is 0.258. The van der Waals surface area contributed by atoms with Crippen molar-refractivity contribution in [1.82, 2.24) is 10.6 Å². The molecule has 6 nitrogen and oxygen atoms in total. The number of nitrogens with zero attached hydrogens (tertiary/aromatic N) is 1. The Bertz CT molecular complexity index is 776. The Balaban J connectivity index is 0.00000420. The molecule has 0 saturated heterocycles. The van der Waals surface area contributed by atoms with Crippen molar-refractivity contribution >= 4 is 41.5 Å². The highest BCUT2D eigenvalue weighted by atomic mass is 127. The third kappa shape index (κ3) is 8.28. The number of hydrogen-bond donors (Lipinski definition) is 3. The zero-order chi connectivity index (χ0) is 20.4. The molecule has 0 radical (unpaired) electrons. The average Bonchev–Trinajstić information content (AvgIpc) is 2.70. The molecule has 0 aromatic heterocycles. The van der Waals surface area contributed by atoms with Crippen LogP contribution in [0.5, 0.6) is 11.5 Å². The van der Waals surface area contributed by atoms with Gasteiger partial charge in [-0.25, -0.2) is 0 Å². The van der Waals surface area contributed by atoms with E-state index in [0.29, 0.717) is 41.1 Å². The van der Waals surface area contributed by atoms with Crippen molar-refractivity contribution in [3.8, 4) is 11.5 Å². The van der Waals surface area contributed by atoms with Gasteiger partial charge in [0, 0.05) is 17.1 Å². The lowest BCUT2D eigenvalue weighted by Crippen LogP contribution is -2.42. The monoisotopic (exact) mass is 533 g/mol. The lowest BCUT2D eigenvalue weighted by atomic mass is 10.1. The van der Waals surface area contributed by atoms with E-state index in [2.05, 4.69) is 15.6 Å². The van der Waals surface area contributed by atoms with Crippen LogP contribution in [0.3, 0.4) is 0 Å². The van der Waals surface area contributed by atoms with Gasteiger partial charge in [-0.15, -0.1) is 24.0 Å². The minimum atomic E-state index is -0.772. The molecule has 29 heavy (non-hydrogen) atoms. The first kappa shape index (κ1) is 25.3. The highest BCUT2D eigenvalue weighted by Crippen LogP contribution is 2.26. The number of benzene rings is 2. The van der Waals surface area contributed by atoms with E-state index in [1.165, 1.54) is 0 Å². The Morgan fingerprint density at radius 1 is 1.10 bits per heavy atom. The van der Waals surface area contributed by atoms with Gasteiger partial charge in [0.05, 0.1) is 20.2 Å². The molecule has 8 heteroatoms. The van der Waals surface area contributed by atoms with E-state index in [4.69, 9.17) is 21.1 Å². The fourth-order valence-corrected chi connectivity index (χ4v) is 2.84. The molecule has 160 valence electrons. The summed E-state index contributed by atoms with van der Waals surface area (Å²) in [5.74, 6) is 1.98. The SMILES string of the molecule is CCNC(=NCC(O)c1ccccc1Cl)NCC(C)Oc1ccccc1OC.I. The van der Waals surface area contributed by atoms with Crippen molar-refractivity contribution in [3.05, 3.63) is 59.1 Å². The third-order valence-corrected chi connectivity index (χ3v) is 4.33. The number of aliphatic imine (C=N–C) groups is 1. The highest BCUT2D eigenvalue weighted by molar-refractivity contribution is 14.0. The second-order valence-electron chi connectivity index (χ2n) is 6.22. The first-order valence-electron chi connectivity index (χ1n) is 9.29. The second kappa shape index (κ2) is 13.5. The topological polar surface area (TPSA) is 75.1 Å². The van der Waals surface area contributed by atoms with Crippen LogP contribution in [-0.4, -0.2) is 43.9 Å². The summed E-state index contributed by atoms with van der Waals surface area (Å²) < 4.78 is 11.2. The number of nitrogens with one attached hydrogen (secondary N) is 2. The Morgan fingerprint density at radius 2 is 1.76 bits per heavy atom. The lowest BCUT2D eigenvalue weighted by Gasteiger charge is -2.19. The van der Waals surface area contributed by atoms with E-state index in [1.807, 2.05) is 50.2 Å². The molecule has 0 saturated carbocycles. The number of halogens is 2. The second-order valence-corrected chi connectivity index (χ2v) is 6.62. The van der Waals surface area contributed by atoms with E-state index in [-0.39, 0.29) is 36.6 Å². The molecule has 2 rings (SSSR count). The average molecular weight is 534 g/mol. The van der Waals surface area contributed by atoms with Crippen LogP contribution in [0.2, 0.25) is 5.02 Å². The van der Waals surface area contributed by atoms with Gasteiger partial charge in [-0.1, -0.05) is 41.9 Å². The molecule has 2 aromatic rings. The molecule has 0 amide bonds. The van der Waals surface area contributed by atoms with E-state index in [1.54, 1.807) is 19.2 Å². The Hall–Kier alpha value is -1.71. The summed E-state index contributed by atoms with van der Waals surface area (Å²) in [4.78, 5) is 4.45. The van der Waals surface area contributed by atoms with Crippen LogP contribution in [-0.2, 0) is 0 Å². The van der Waals surface area contributed by atoms with Crippen molar-refractivity contribution < 1.29 is 14.6 Å². The number of aliphatic hydroxyl groups excluding tert-OH is 1. The normalized spacial score (nSPS) is 13.1. The standard InChI is InChI=1S/C21H28ClN3O3.HI/c1-4-23-21(25-14-18(26)16-9-5-6-10-17(16)22)24-13-15(2)28-20-12-8-7-11-19(20)27-3;/h5-12,15,18,26H,4,13-14H2,1-3H3,(H2,23,24,25);1H. The van der Waals surface area contributed by atoms with Crippen molar-refractivity contribution in [2.45, 2.75) is 26.1 Å². The minimum Gasteiger partial charge on any atom is -0.493 e. The van der Waals surface area contributed by atoms with E-state index in [9.17, 15) is 5.11 Å². The van der Waals surface area contributed by atoms with Gasteiger partial charge in [0.1, 0.15) is 12.2 Å². The molecule has 2 atom stereocenters. The maximum Gasteiger partial charge on any atom is 0.191 e. The Kier molecular flexibility index (Phi) is 11.8. The summed E-state index contributed by atoms with van der Waals surface area (Å²) in [6.07, 6.45) is -0.889. The van der Waals surface area contributed by atoms with E-state index in [0.717, 1.165) is 0 Å². The van der Waals surface area contributed by atoms with Gasteiger partial charge in [0.15, 0.2) is 17.5 Å². The third-order valence-electron chi connectivity index (χ3n) is 3.98. The zero-order valence-electron chi connectivity index (χ0n) is 16.9. The molecule has 2 unspecified atom stereocenters. The summed E-state index contributed by atoms with van der Waals surface area (Å²) in [5.41, 5.74) is 0.664. The molecule has 0 spiro atoms. The number of aliphatic hydroxyl groups is 1. The predicted molar refractivity (Wildman–Crippen MR) is 129 cm³/mol. The van der Waals surface area contributed by atoms with Crippen LogP contribution in [0.1, 0.15) is 25.5 Å². The fourth-order valence-electron chi connectivity index (χ4n) is 2.58. The molecule has 0 fully saturated rings. The number of rotatable bonds is 9. The Labute approximate surface area is 194 Å². The summed E-state index contributed by atoms with van der Waals surface area (Å²) in [6.45, 7) is 5.38. The number of hydrogen-bond acceptors (Lipinski definition) is 4. The molecular formula is C21H29ClIN3O3. The largest absolute Gasteiger partial charge is 0.493 e.